The molecule has 0 radical (unpaired) electrons. The first-order chi connectivity index (χ1) is 9.56. The van der Waals surface area contributed by atoms with E-state index in [0.717, 1.165) is 6.42 Å². The van der Waals surface area contributed by atoms with Crippen molar-refractivity contribution in [2.24, 2.45) is 0 Å². The predicted molar refractivity (Wildman–Crippen MR) is 91.2 cm³/mol. The second-order valence-corrected chi connectivity index (χ2v) is 9.50. The van der Waals surface area contributed by atoms with Crippen LogP contribution in [0, 0.1) is 0 Å². The summed E-state index contributed by atoms with van der Waals surface area (Å²) in [7, 11) is -2.76. The van der Waals surface area contributed by atoms with Crippen LogP contribution in [0.5, 0.6) is 0 Å². The number of hydrogen-bond acceptors (Lipinski definition) is 2. The Balaban J connectivity index is 2.99. The standard InChI is InChI=1S/C17H38O2Si/c1-3-4-5-6-7-8-9-10-11-12-13-14-15-16-17-20(2,18)19/h18-19H,3-17H2,1-2H3. The van der Waals surface area contributed by atoms with Crippen LogP contribution in [0.3, 0.4) is 0 Å². The van der Waals surface area contributed by atoms with Crippen molar-refractivity contribution in [1.82, 2.24) is 0 Å². The molecular weight excluding hydrogens is 264 g/mol. The van der Waals surface area contributed by atoms with Crippen molar-refractivity contribution < 1.29 is 9.59 Å². The van der Waals surface area contributed by atoms with Crippen molar-refractivity contribution >= 4 is 8.56 Å². The Morgan fingerprint density at radius 3 is 1.15 bits per heavy atom. The summed E-state index contributed by atoms with van der Waals surface area (Å²) in [4.78, 5) is 18.6. The molecule has 0 aliphatic heterocycles. The van der Waals surface area contributed by atoms with Crippen LogP contribution in [0.1, 0.15) is 96.8 Å². The maximum absolute atomic E-state index is 9.30. The van der Waals surface area contributed by atoms with Gasteiger partial charge < -0.3 is 9.59 Å². The van der Waals surface area contributed by atoms with Gasteiger partial charge in [0.1, 0.15) is 0 Å². The smallest absolute Gasteiger partial charge is 0.329 e. The SMILES string of the molecule is CCCCCCCCCCCCCCCC[Si](C)(O)O. The van der Waals surface area contributed by atoms with Crippen molar-refractivity contribution in [2.75, 3.05) is 0 Å². The van der Waals surface area contributed by atoms with Gasteiger partial charge in [-0.15, -0.1) is 0 Å². The number of hydrogen-bond donors (Lipinski definition) is 2. The lowest BCUT2D eigenvalue weighted by atomic mass is 10.0. The third-order valence-corrected chi connectivity index (χ3v) is 5.30. The average molecular weight is 303 g/mol. The fraction of sp³-hybridized carbons (Fsp3) is 1.00. The molecule has 20 heavy (non-hydrogen) atoms. The van der Waals surface area contributed by atoms with Gasteiger partial charge in [-0.3, -0.25) is 0 Å². The quantitative estimate of drug-likeness (QED) is 0.309. The normalized spacial score (nSPS) is 12.0. The largest absolute Gasteiger partial charge is 0.411 e. The molecule has 0 bridgehead atoms. The molecule has 0 heterocycles. The lowest BCUT2D eigenvalue weighted by molar-refractivity contribution is 0.366. The Bertz CT molecular complexity index is 190. The number of rotatable bonds is 15. The Morgan fingerprint density at radius 2 is 0.850 bits per heavy atom. The Labute approximate surface area is 128 Å². The van der Waals surface area contributed by atoms with Gasteiger partial charge in [-0.05, 0) is 12.6 Å². The topological polar surface area (TPSA) is 40.5 Å². The summed E-state index contributed by atoms with van der Waals surface area (Å²) in [6.45, 7) is 3.88. The van der Waals surface area contributed by atoms with Crippen molar-refractivity contribution in [3.05, 3.63) is 0 Å². The van der Waals surface area contributed by atoms with E-state index < -0.39 is 8.56 Å². The molecule has 0 aromatic carbocycles. The van der Waals surface area contributed by atoms with Gasteiger partial charge in [-0.2, -0.15) is 0 Å². The molecular formula is C17H38O2Si. The molecule has 0 aliphatic carbocycles. The van der Waals surface area contributed by atoms with E-state index >= 15 is 0 Å². The lowest BCUT2D eigenvalue weighted by Crippen LogP contribution is -2.29. The zero-order chi connectivity index (χ0) is 15.1. The molecule has 0 aliphatic rings. The third-order valence-electron chi connectivity index (χ3n) is 4.00. The van der Waals surface area contributed by atoms with Crippen LogP contribution in [0.4, 0.5) is 0 Å². The summed E-state index contributed by atoms with van der Waals surface area (Å²) in [5.41, 5.74) is 0. The zero-order valence-corrected chi connectivity index (χ0v) is 15.0. The van der Waals surface area contributed by atoms with E-state index in [2.05, 4.69) is 6.92 Å². The predicted octanol–water partition coefficient (Wildman–Crippen LogP) is 5.52. The summed E-state index contributed by atoms with van der Waals surface area (Å²) in [5.74, 6) is 0. The molecule has 0 spiro atoms. The first-order valence-electron chi connectivity index (χ1n) is 9.01. The van der Waals surface area contributed by atoms with Gasteiger partial charge in [0.05, 0.1) is 0 Å². The molecule has 0 saturated carbocycles. The molecule has 0 atom stereocenters. The minimum absolute atomic E-state index is 0.644. The molecule has 3 heteroatoms. The molecule has 122 valence electrons. The van der Waals surface area contributed by atoms with Gasteiger partial charge >= 0.3 is 8.56 Å². The highest BCUT2D eigenvalue weighted by molar-refractivity contribution is 6.63. The van der Waals surface area contributed by atoms with Crippen molar-refractivity contribution in [3.8, 4) is 0 Å². The van der Waals surface area contributed by atoms with E-state index in [4.69, 9.17) is 0 Å². The molecule has 0 fully saturated rings. The zero-order valence-electron chi connectivity index (χ0n) is 14.0. The van der Waals surface area contributed by atoms with Crippen LogP contribution in [-0.4, -0.2) is 18.2 Å². The molecule has 0 rings (SSSR count). The van der Waals surface area contributed by atoms with Crippen LogP contribution in [0.15, 0.2) is 0 Å². The monoisotopic (exact) mass is 302 g/mol. The van der Waals surface area contributed by atoms with E-state index in [-0.39, 0.29) is 0 Å². The minimum atomic E-state index is -2.76. The van der Waals surface area contributed by atoms with E-state index in [9.17, 15) is 9.59 Å². The molecule has 0 amide bonds. The maximum atomic E-state index is 9.30. The first-order valence-corrected chi connectivity index (χ1v) is 11.6. The van der Waals surface area contributed by atoms with E-state index in [1.807, 2.05) is 0 Å². The fourth-order valence-corrected chi connectivity index (χ4v) is 3.57. The van der Waals surface area contributed by atoms with Crippen LogP contribution in [0.2, 0.25) is 12.6 Å². The van der Waals surface area contributed by atoms with Crippen LogP contribution in [0.25, 0.3) is 0 Å². The van der Waals surface area contributed by atoms with Crippen LogP contribution in [-0.2, 0) is 0 Å². The molecule has 0 unspecified atom stereocenters. The first kappa shape index (κ1) is 20.1. The minimum Gasteiger partial charge on any atom is -0.411 e. The summed E-state index contributed by atoms with van der Waals surface area (Å²) in [6.07, 6.45) is 18.8. The third kappa shape index (κ3) is 18.1. The summed E-state index contributed by atoms with van der Waals surface area (Å²) >= 11 is 0. The Morgan fingerprint density at radius 1 is 0.550 bits per heavy atom. The highest BCUT2D eigenvalue weighted by Gasteiger charge is 2.19. The second kappa shape index (κ2) is 14.1. The van der Waals surface area contributed by atoms with Crippen molar-refractivity contribution in [2.45, 2.75) is 109 Å². The molecule has 0 aromatic heterocycles. The van der Waals surface area contributed by atoms with Gasteiger partial charge in [-0.25, -0.2) is 0 Å². The van der Waals surface area contributed by atoms with Gasteiger partial charge in [0, 0.05) is 0 Å². The van der Waals surface area contributed by atoms with E-state index in [0.29, 0.717) is 6.04 Å². The number of unbranched alkanes of at least 4 members (excludes halogenated alkanes) is 13. The lowest BCUT2D eigenvalue weighted by Gasteiger charge is -2.10. The van der Waals surface area contributed by atoms with Crippen molar-refractivity contribution in [3.63, 3.8) is 0 Å². The van der Waals surface area contributed by atoms with Crippen LogP contribution < -0.4 is 0 Å². The van der Waals surface area contributed by atoms with Crippen LogP contribution >= 0.6 is 0 Å². The Kier molecular flexibility index (Phi) is 14.2. The second-order valence-electron chi connectivity index (χ2n) is 6.56. The fourth-order valence-electron chi connectivity index (χ4n) is 2.65. The molecule has 0 aromatic rings. The van der Waals surface area contributed by atoms with E-state index in [1.54, 1.807) is 6.55 Å². The van der Waals surface area contributed by atoms with Gasteiger partial charge in [0.15, 0.2) is 0 Å². The highest BCUT2D eigenvalue weighted by Crippen LogP contribution is 2.14. The summed E-state index contributed by atoms with van der Waals surface area (Å²) in [5, 5.41) is 0. The van der Waals surface area contributed by atoms with E-state index in [1.165, 1.54) is 83.5 Å². The average Bonchev–Trinajstić information content (AvgIpc) is 2.38. The van der Waals surface area contributed by atoms with Gasteiger partial charge in [0.2, 0.25) is 0 Å². The summed E-state index contributed by atoms with van der Waals surface area (Å²) in [6, 6.07) is 0.644. The molecule has 0 saturated heterocycles. The maximum Gasteiger partial charge on any atom is 0.329 e. The van der Waals surface area contributed by atoms with Gasteiger partial charge in [-0.1, -0.05) is 96.8 Å². The Hall–Kier alpha value is 0.137. The van der Waals surface area contributed by atoms with Gasteiger partial charge in [0.25, 0.3) is 0 Å². The highest BCUT2D eigenvalue weighted by atomic mass is 28.4. The summed E-state index contributed by atoms with van der Waals surface area (Å²) < 4.78 is 0. The molecule has 2 nitrogen and oxygen atoms in total. The molecule has 2 N–H and O–H groups in total. The van der Waals surface area contributed by atoms with Crippen molar-refractivity contribution in [1.29, 1.82) is 0 Å².